The van der Waals surface area contributed by atoms with E-state index in [9.17, 15) is 19.8 Å². The summed E-state index contributed by atoms with van der Waals surface area (Å²) in [4.78, 5) is 31.4. The van der Waals surface area contributed by atoms with Crippen molar-refractivity contribution in [3.05, 3.63) is 25.6 Å². The van der Waals surface area contributed by atoms with Crippen molar-refractivity contribution in [2.45, 2.75) is 24.5 Å². The summed E-state index contributed by atoms with van der Waals surface area (Å²) in [5.74, 6) is 0. The van der Waals surface area contributed by atoms with Gasteiger partial charge < -0.3 is 20.1 Å². The molecule has 1 aliphatic heterocycles. The first-order chi connectivity index (χ1) is 9.93. The van der Waals surface area contributed by atoms with Crippen molar-refractivity contribution in [2.24, 2.45) is 0 Å². The van der Waals surface area contributed by atoms with E-state index >= 15 is 0 Å². The van der Waals surface area contributed by atoms with Gasteiger partial charge >= 0.3 is 5.69 Å². The van der Waals surface area contributed by atoms with Crippen molar-refractivity contribution in [2.75, 3.05) is 6.61 Å². The number of aromatic nitrogens is 4. The zero-order chi connectivity index (χ0) is 15.3. The SMILES string of the molecule is O=c1[nH]c(=O)c2nc(Br)n([C@H]3O[C@@H](CO)[C@H](O)[C@H]3O)c2[nH]1. The number of aliphatic hydroxyl groups excluding tert-OH is 3. The molecule has 3 heterocycles. The van der Waals surface area contributed by atoms with E-state index in [1.54, 1.807) is 0 Å². The molecule has 0 radical (unpaired) electrons. The van der Waals surface area contributed by atoms with Crippen LogP contribution in [0, 0.1) is 0 Å². The minimum Gasteiger partial charge on any atom is -0.394 e. The van der Waals surface area contributed by atoms with Crippen LogP contribution in [0.15, 0.2) is 14.3 Å². The number of hydrogen-bond donors (Lipinski definition) is 5. The number of imidazole rings is 1. The van der Waals surface area contributed by atoms with Crippen molar-refractivity contribution < 1.29 is 20.1 Å². The monoisotopic (exact) mass is 362 g/mol. The Morgan fingerprint density at radius 2 is 2.00 bits per heavy atom. The quantitative estimate of drug-likeness (QED) is 0.379. The molecule has 0 bridgehead atoms. The molecule has 1 saturated heterocycles. The number of aromatic amines is 2. The van der Waals surface area contributed by atoms with E-state index in [1.807, 2.05) is 4.98 Å². The van der Waals surface area contributed by atoms with Crippen LogP contribution in [0.1, 0.15) is 6.23 Å². The second-order valence-electron chi connectivity index (χ2n) is 4.59. The molecule has 10 nitrogen and oxygen atoms in total. The number of aliphatic hydroxyl groups is 3. The van der Waals surface area contributed by atoms with Gasteiger partial charge in [0.1, 0.15) is 18.3 Å². The molecule has 0 spiro atoms. The lowest BCUT2D eigenvalue weighted by molar-refractivity contribution is -0.0521. The maximum atomic E-state index is 11.7. The summed E-state index contributed by atoms with van der Waals surface area (Å²) in [7, 11) is 0. The van der Waals surface area contributed by atoms with Gasteiger partial charge in [-0.15, -0.1) is 0 Å². The second-order valence-corrected chi connectivity index (χ2v) is 5.29. The molecule has 0 saturated carbocycles. The highest BCUT2D eigenvalue weighted by atomic mass is 79.9. The van der Waals surface area contributed by atoms with E-state index < -0.39 is 42.4 Å². The van der Waals surface area contributed by atoms with Crippen LogP contribution in [0.25, 0.3) is 11.2 Å². The van der Waals surface area contributed by atoms with Crippen LogP contribution in [0.5, 0.6) is 0 Å². The normalized spacial score (nSPS) is 29.3. The Hall–Kier alpha value is -1.53. The Morgan fingerprint density at radius 3 is 2.62 bits per heavy atom. The van der Waals surface area contributed by atoms with Crippen molar-refractivity contribution >= 4 is 27.1 Å². The maximum absolute atomic E-state index is 11.7. The number of fused-ring (bicyclic) bond motifs is 1. The standard InChI is InChI=1S/C10H11BrN4O6/c11-9-12-3-6(13-10(20)14-7(3)19)15(9)8-5(18)4(17)2(1-16)21-8/h2,4-5,8,16-18H,1H2,(H2,13,14,19,20)/t2-,4-,5+,8-/m0/s1. The lowest BCUT2D eigenvalue weighted by Gasteiger charge is -2.17. The third-order valence-corrected chi connectivity index (χ3v) is 3.87. The van der Waals surface area contributed by atoms with Crippen LogP contribution in [0.4, 0.5) is 0 Å². The average Bonchev–Trinajstić information content (AvgIpc) is 2.89. The van der Waals surface area contributed by atoms with E-state index in [0.29, 0.717) is 0 Å². The molecule has 21 heavy (non-hydrogen) atoms. The molecule has 0 amide bonds. The van der Waals surface area contributed by atoms with Gasteiger partial charge in [-0.1, -0.05) is 0 Å². The summed E-state index contributed by atoms with van der Waals surface area (Å²) in [6.45, 7) is -0.490. The molecule has 11 heteroatoms. The summed E-state index contributed by atoms with van der Waals surface area (Å²) < 4.78 is 6.71. The predicted molar refractivity (Wildman–Crippen MR) is 71.7 cm³/mol. The second kappa shape index (κ2) is 5.03. The van der Waals surface area contributed by atoms with Gasteiger partial charge in [-0.3, -0.25) is 19.3 Å². The summed E-state index contributed by atoms with van der Waals surface area (Å²) in [5, 5.41) is 28.9. The van der Waals surface area contributed by atoms with Crippen molar-refractivity contribution in [1.82, 2.24) is 19.5 Å². The molecule has 0 aliphatic carbocycles. The van der Waals surface area contributed by atoms with Gasteiger partial charge in [0, 0.05) is 0 Å². The maximum Gasteiger partial charge on any atom is 0.327 e. The minimum atomic E-state index is -1.36. The summed E-state index contributed by atoms with van der Waals surface area (Å²) in [5.41, 5.74) is -1.46. The topological polar surface area (TPSA) is 153 Å². The van der Waals surface area contributed by atoms with Gasteiger partial charge in [0.25, 0.3) is 5.56 Å². The van der Waals surface area contributed by atoms with Gasteiger partial charge in [-0.25, -0.2) is 9.78 Å². The minimum absolute atomic E-state index is 0.0328. The van der Waals surface area contributed by atoms with Crippen LogP contribution in [-0.2, 0) is 4.74 Å². The van der Waals surface area contributed by atoms with Gasteiger partial charge in [0.05, 0.1) is 6.61 Å². The van der Waals surface area contributed by atoms with Crippen LogP contribution in [0.2, 0.25) is 0 Å². The van der Waals surface area contributed by atoms with Gasteiger partial charge in [-0.05, 0) is 15.9 Å². The molecule has 1 fully saturated rings. The highest BCUT2D eigenvalue weighted by Crippen LogP contribution is 2.33. The number of nitrogens with zero attached hydrogens (tertiary/aromatic N) is 2. The first-order valence-corrected chi connectivity index (χ1v) is 6.76. The number of nitrogens with one attached hydrogen (secondary N) is 2. The number of rotatable bonds is 2. The molecule has 1 aliphatic rings. The van der Waals surface area contributed by atoms with E-state index in [0.717, 1.165) is 0 Å². The van der Waals surface area contributed by atoms with Crippen molar-refractivity contribution in [3.63, 3.8) is 0 Å². The molecule has 4 atom stereocenters. The van der Waals surface area contributed by atoms with E-state index in [-0.39, 0.29) is 15.9 Å². The first-order valence-electron chi connectivity index (χ1n) is 5.96. The van der Waals surface area contributed by atoms with Crippen molar-refractivity contribution in [3.8, 4) is 0 Å². The Labute approximate surface area is 124 Å². The van der Waals surface area contributed by atoms with Crippen molar-refractivity contribution in [1.29, 1.82) is 0 Å². The Morgan fingerprint density at radius 1 is 1.29 bits per heavy atom. The number of halogens is 1. The third kappa shape index (κ3) is 2.13. The van der Waals surface area contributed by atoms with Crippen LogP contribution in [0.3, 0.4) is 0 Å². The molecule has 0 aromatic carbocycles. The highest BCUT2D eigenvalue weighted by Gasteiger charge is 2.44. The lowest BCUT2D eigenvalue weighted by Crippen LogP contribution is -2.33. The lowest BCUT2D eigenvalue weighted by atomic mass is 10.1. The Balaban J connectivity index is 2.19. The van der Waals surface area contributed by atoms with Crippen LogP contribution >= 0.6 is 15.9 Å². The van der Waals surface area contributed by atoms with Gasteiger partial charge in [0.2, 0.25) is 0 Å². The fourth-order valence-corrected chi connectivity index (χ4v) is 2.87. The van der Waals surface area contributed by atoms with Crippen LogP contribution < -0.4 is 11.2 Å². The predicted octanol–water partition coefficient (Wildman–Crippen LogP) is -2.21. The Bertz CT molecular complexity index is 797. The molecule has 3 rings (SSSR count). The largest absolute Gasteiger partial charge is 0.394 e. The Kier molecular flexibility index (Phi) is 3.45. The van der Waals surface area contributed by atoms with Gasteiger partial charge in [-0.2, -0.15) is 0 Å². The first kappa shape index (κ1) is 14.4. The average molecular weight is 363 g/mol. The number of H-pyrrole nitrogens is 2. The van der Waals surface area contributed by atoms with E-state index in [1.165, 1.54) is 4.57 Å². The zero-order valence-corrected chi connectivity index (χ0v) is 11.9. The molecular weight excluding hydrogens is 352 g/mol. The molecule has 114 valence electrons. The summed E-state index contributed by atoms with van der Waals surface area (Å²) in [6, 6.07) is 0. The highest BCUT2D eigenvalue weighted by molar-refractivity contribution is 9.10. The molecular formula is C10H11BrN4O6. The van der Waals surface area contributed by atoms with Crippen LogP contribution in [-0.4, -0.2) is 59.8 Å². The summed E-state index contributed by atoms with van der Waals surface area (Å²) >= 11 is 3.11. The summed E-state index contributed by atoms with van der Waals surface area (Å²) in [6.07, 6.45) is -4.77. The molecule has 0 unspecified atom stereocenters. The molecule has 5 N–H and O–H groups in total. The van der Waals surface area contributed by atoms with E-state index in [2.05, 4.69) is 25.9 Å². The fraction of sp³-hybridized carbons (Fsp3) is 0.500. The van der Waals surface area contributed by atoms with Gasteiger partial charge in [0.15, 0.2) is 22.1 Å². The fourth-order valence-electron chi connectivity index (χ4n) is 2.31. The third-order valence-electron chi connectivity index (χ3n) is 3.31. The number of hydrogen-bond acceptors (Lipinski definition) is 7. The number of ether oxygens (including phenoxy) is 1. The smallest absolute Gasteiger partial charge is 0.327 e. The van der Waals surface area contributed by atoms with E-state index in [4.69, 9.17) is 9.84 Å². The molecule has 2 aromatic heterocycles. The zero-order valence-electron chi connectivity index (χ0n) is 10.4. The molecule has 2 aromatic rings.